The van der Waals surface area contributed by atoms with Gasteiger partial charge in [-0.1, -0.05) is 18.2 Å². The second-order valence-corrected chi connectivity index (χ2v) is 3.31. The van der Waals surface area contributed by atoms with Crippen LogP contribution in [0.3, 0.4) is 0 Å². The molecular weight excluding hydrogens is 176 g/mol. The number of rotatable bonds is 2. The van der Waals surface area contributed by atoms with Crippen LogP contribution in [-0.2, 0) is 4.79 Å². The van der Waals surface area contributed by atoms with Crippen molar-refractivity contribution in [1.29, 1.82) is 0 Å². The largest absolute Gasteiger partial charge is 0.293 e. The zero-order chi connectivity index (χ0) is 9.80. The lowest BCUT2D eigenvalue weighted by Crippen LogP contribution is -2.07. The highest BCUT2D eigenvalue weighted by atomic mass is 16.1. The van der Waals surface area contributed by atoms with Crippen LogP contribution >= 0.6 is 0 Å². The molecule has 0 heterocycles. The lowest BCUT2D eigenvalue weighted by atomic mass is 10.3. The number of hydrogen-bond acceptors (Lipinski definition) is 3. The van der Waals surface area contributed by atoms with Crippen LogP contribution in [-0.4, -0.2) is 11.5 Å². The van der Waals surface area contributed by atoms with E-state index in [4.69, 9.17) is 0 Å². The van der Waals surface area contributed by atoms with Gasteiger partial charge in [-0.05, 0) is 25.0 Å². The maximum atomic E-state index is 11.2. The van der Waals surface area contributed by atoms with Crippen molar-refractivity contribution in [2.45, 2.75) is 19.3 Å². The third kappa shape index (κ3) is 1.99. The monoisotopic (exact) mass is 188 g/mol. The third-order valence-corrected chi connectivity index (χ3v) is 2.23. The number of Topliss-reactive ketones (excluding diaryl/α,β-unsaturated/α-hetero) is 1. The third-order valence-electron chi connectivity index (χ3n) is 2.23. The van der Waals surface area contributed by atoms with E-state index in [1.54, 1.807) is 0 Å². The van der Waals surface area contributed by atoms with Crippen molar-refractivity contribution in [3.8, 4) is 0 Å². The number of carbonyl (C=O) groups excluding carboxylic acids is 1. The highest BCUT2D eigenvalue weighted by molar-refractivity contribution is 6.41. The molecule has 3 nitrogen and oxygen atoms in total. The van der Waals surface area contributed by atoms with Crippen molar-refractivity contribution in [2.75, 3.05) is 5.43 Å². The first kappa shape index (κ1) is 8.94. The molecule has 0 unspecified atom stereocenters. The van der Waals surface area contributed by atoms with Gasteiger partial charge in [0.1, 0.15) is 5.71 Å². The molecule has 3 heteroatoms. The van der Waals surface area contributed by atoms with Gasteiger partial charge in [0, 0.05) is 6.42 Å². The van der Waals surface area contributed by atoms with E-state index < -0.39 is 0 Å². The van der Waals surface area contributed by atoms with E-state index in [0.29, 0.717) is 12.1 Å². The van der Waals surface area contributed by atoms with Crippen molar-refractivity contribution >= 4 is 17.2 Å². The van der Waals surface area contributed by atoms with Gasteiger partial charge in [0.25, 0.3) is 0 Å². The average molecular weight is 188 g/mol. The molecular formula is C11H12N2O. The summed E-state index contributed by atoms with van der Waals surface area (Å²) in [5.41, 5.74) is 4.48. The molecule has 0 bridgehead atoms. The fourth-order valence-electron chi connectivity index (χ4n) is 1.46. The summed E-state index contributed by atoms with van der Waals surface area (Å²) in [6, 6.07) is 9.64. The first-order chi connectivity index (χ1) is 6.86. The zero-order valence-electron chi connectivity index (χ0n) is 7.86. The molecule has 0 aliphatic heterocycles. The number of nitrogens with zero attached hydrogens (tertiary/aromatic N) is 1. The number of hydrazone groups is 1. The predicted molar refractivity (Wildman–Crippen MR) is 56.4 cm³/mol. The van der Waals surface area contributed by atoms with Crippen molar-refractivity contribution < 1.29 is 4.79 Å². The molecule has 1 saturated carbocycles. The Morgan fingerprint density at radius 1 is 1.14 bits per heavy atom. The maximum Gasteiger partial charge on any atom is 0.178 e. The lowest BCUT2D eigenvalue weighted by molar-refractivity contribution is -0.112. The summed E-state index contributed by atoms with van der Waals surface area (Å²) in [7, 11) is 0. The van der Waals surface area contributed by atoms with Gasteiger partial charge >= 0.3 is 0 Å². The Bertz CT molecular complexity index is 357. The van der Waals surface area contributed by atoms with Gasteiger partial charge in [0.15, 0.2) is 5.78 Å². The molecule has 72 valence electrons. The van der Waals surface area contributed by atoms with E-state index in [1.807, 2.05) is 30.3 Å². The Labute approximate surface area is 82.8 Å². The van der Waals surface area contributed by atoms with Crippen LogP contribution < -0.4 is 5.43 Å². The highest BCUT2D eigenvalue weighted by Crippen LogP contribution is 2.12. The Kier molecular flexibility index (Phi) is 2.58. The number of carbonyl (C=O) groups is 1. The smallest absolute Gasteiger partial charge is 0.178 e. The molecule has 1 aliphatic carbocycles. The highest BCUT2D eigenvalue weighted by Gasteiger charge is 2.18. The molecule has 1 N–H and O–H groups in total. The molecule has 0 saturated heterocycles. The molecule has 0 radical (unpaired) electrons. The number of anilines is 1. The van der Waals surface area contributed by atoms with Gasteiger partial charge in [-0.15, -0.1) is 0 Å². The van der Waals surface area contributed by atoms with Crippen molar-refractivity contribution in [2.24, 2.45) is 5.10 Å². The van der Waals surface area contributed by atoms with Crippen LogP contribution in [0.5, 0.6) is 0 Å². The normalized spacial score (nSPS) is 18.9. The first-order valence-electron chi connectivity index (χ1n) is 4.77. The predicted octanol–water partition coefficient (Wildman–Crippen LogP) is 2.21. The Morgan fingerprint density at radius 3 is 2.57 bits per heavy atom. The van der Waals surface area contributed by atoms with Gasteiger partial charge in [-0.3, -0.25) is 10.2 Å². The van der Waals surface area contributed by atoms with Crippen LogP contribution in [0, 0.1) is 0 Å². The SMILES string of the molecule is O=C1CCCC1=NNc1ccccc1. The number of nitrogens with one attached hydrogen (secondary N) is 1. The van der Waals surface area contributed by atoms with Crippen molar-refractivity contribution in [3.63, 3.8) is 0 Å². The van der Waals surface area contributed by atoms with Crippen LogP contribution in [0.4, 0.5) is 5.69 Å². The molecule has 1 aliphatic rings. The maximum absolute atomic E-state index is 11.2. The van der Waals surface area contributed by atoms with Gasteiger partial charge in [0.05, 0.1) is 5.69 Å². The Morgan fingerprint density at radius 2 is 1.93 bits per heavy atom. The molecule has 0 spiro atoms. The van der Waals surface area contributed by atoms with Crippen LogP contribution in [0.1, 0.15) is 19.3 Å². The molecule has 0 amide bonds. The summed E-state index contributed by atoms with van der Waals surface area (Å²) in [5.74, 6) is 0.174. The second-order valence-electron chi connectivity index (χ2n) is 3.31. The fraction of sp³-hybridized carbons (Fsp3) is 0.273. The van der Waals surface area contributed by atoms with E-state index >= 15 is 0 Å². The van der Waals surface area contributed by atoms with E-state index in [0.717, 1.165) is 18.5 Å². The minimum atomic E-state index is 0.174. The minimum absolute atomic E-state index is 0.174. The topological polar surface area (TPSA) is 41.5 Å². The van der Waals surface area contributed by atoms with E-state index in [2.05, 4.69) is 10.5 Å². The van der Waals surface area contributed by atoms with Gasteiger partial charge < -0.3 is 0 Å². The number of para-hydroxylation sites is 1. The number of hydrogen-bond donors (Lipinski definition) is 1. The van der Waals surface area contributed by atoms with Crippen LogP contribution in [0.2, 0.25) is 0 Å². The number of ketones is 1. The van der Waals surface area contributed by atoms with Gasteiger partial charge in [0.2, 0.25) is 0 Å². The second kappa shape index (κ2) is 4.05. The molecule has 0 atom stereocenters. The summed E-state index contributed by atoms with van der Waals surface area (Å²) in [6.45, 7) is 0. The Hall–Kier alpha value is -1.64. The summed E-state index contributed by atoms with van der Waals surface area (Å²) >= 11 is 0. The van der Waals surface area contributed by atoms with Gasteiger partial charge in [-0.25, -0.2) is 0 Å². The van der Waals surface area contributed by atoms with Crippen LogP contribution in [0.25, 0.3) is 0 Å². The van der Waals surface area contributed by atoms with Crippen molar-refractivity contribution in [1.82, 2.24) is 0 Å². The zero-order valence-corrected chi connectivity index (χ0v) is 7.86. The fourth-order valence-corrected chi connectivity index (χ4v) is 1.46. The molecule has 14 heavy (non-hydrogen) atoms. The first-order valence-corrected chi connectivity index (χ1v) is 4.77. The van der Waals surface area contributed by atoms with Crippen LogP contribution in [0.15, 0.2) is 35.4 Å². The summed E-state index contributed by atoms with van der Waals surface area (Å²) < 4.78 is 0. The molecule has 0 aromatic heterocycles. The Balaban J connectivity index is 2.03. The molecule has 2 rings (SSSR count). The summed E-state index contributed by atoms with van der Waals surface area (Å²) in [4.78, 5) is 11.2. The molecule has 1 aromatic carbocycles. The summed E-state index contributed by atoms with van der Waals surface area (Å²) in [6.07, 6.45) is 2.39. The molecule has 1 aromatic rings. The van der Waals surface area contributed by atoms with Crippen molar-refractivity contribution in [3.05, 3.63) is 30.3 Å². The lowest BCUT2D eigenvalue weighted by Gasteiger charge is -1.99. The summed E-state index contributed by atoms with van der Waals surface area (Å²) in [5, 5.41) is 4.09. The van der Waals surface area contributed by atoms with E-state index in [9.17, 15) is 4.79 Å². The number of benzene rings is 1. The quantitative estimate of drug-likeness (QED) is 0.723. The van der Waals surface area contributed by atoms with E-state index in [-0.39, 0.29) is 5.78 Å². The molecule has 1 fully saturated rings. The van der Waals surface area contributed by atoms with E-state index in [1.165, 1.54) is 0 Å². The van der Waals surface area contributed by atoms with Gasteiger partial charge in [-0.2, -0.15) is 5.10 Å². The average Bonchev–Trinajstić information content (AvgIpc) is 2.63. The minimum Gasteiger partial charge on any atom is -0.293 e. The standard InChI is InChI=1S/C11H12N2O/c14-11-8-4-7-10(11)13-12-9-5-2-1-3-6-9/h1-3,5-6,12H,4,7-8H2.